The summed E-state index contributed by atoms with van der Waals surface area (Å²) in [6.07, 6.45) is 4.21. The first kappa shape index (κ1) is 8.13. The summed E-state index contributed by atoms with van der Waals surface area (Å²) in [5.74, 6) is 0. The fraction of sp³-hybridized carbons (Fsp3) is 0.167. The van der Waals surface area contributed by atoms with Crippen molar-refractivity contribution in [2.75, 3.05) is 0 Å². The zero-order chi connectivity index (χ0) is 9.54. The van der Waals surface area contributed by atoms with Gasteiger partial charge in [-0.1, -0.05) is 35.9 Å². The molecule has 0 amide bonds. The van der Waals surface area contributed by atoms with Crippen LogP contribution in [0.1, 0.15) is 17.7 Å². The van der Waals surface area contributed by atoms with Crippen LogP contribution in [0.3, 0.4) is 0 Å². The van der Waals surface area contributed by atoms with Gasteiger partial charge in [-0.05, 0) is 18.9 Å². The molecule has 0 bridgehead atoms. The first-order valence-electron chi connectivity index (χ1n) is 4.82. The van der Waals surface area contributed by atoms with Crippen LogP contribution in [-0.4, -0.2) is 4.98 Å². The second kappa shape index (κ2) is 2.89. The fourth-order valence-electron chi connectivity index (χ4n) is 2.10. The molecule has 1 nitrogen and oxygen atoms in total. The zero-order valence-corrected chi connectivity index (χ0v) is 8.43. The Kier molecular flexibility index (Phi) is 1.68. The minimum atomic E-state index is 0.892. The number of aromatic nitrogens is 1. The summed E-state index contributed by atoms with van der Waals surface area (Å²) in [5, 5.41) is 2.13. The molecule has 1 heterocycles. The molecule has 0 unspecified atom stereocenters. The third-order valence-electron chi connectivity index (χ3n) is 2.74. The highest BCUT2D eigenvalue weighted by molar-refractivity contribution is 6.50. The Bertz CT molecular complexity index is 522. The van der Waals surface area contributed by atoms with E-state index in [1.54, 1.807) is 0 Å². The van der Waals surface area contributed by atoms with Crippen molar-refractivity contribution in [3.05, 3.63) is 41.6 Å². The quantitative estimate of drug-likeness (QED) is 0.672. The predicted octanol–water partition coefficient (Wildman–Crippen LogP) is 3.69. The highest BCUT2D eigenvalue weighted by Crippen LogP contribution is 2.34. The van der Waals surface area contributed by atoms with E-state index in [9.17, 15) is 0 Å². The zero-order valence-electron chi connectivity index (χ0n) is 7.68. The summed E-state index contributed by atoms with van der Waals surface area (Å²) < 4.78 is 0. The third kappa shape index (κ3) is 1.02. The normalized spacial score (nSPS) is 15.4. The van der Waals surface area contributed by atoms with E-state index in [2.05, 4.69) is 29.3 Å². The van der Waals surface area contributed by atoms with Crippen molar-refractivity contribution in [2.24, 2.45) is 0 Å². The molecule has 0 spiro atoms. The van der Waals surface area contributed by atoms with Crippen LogP contribution in [0.2, 0.25) is 0 Å². The summed E-state index contributed by atoms with van der Waals surface area (Å²) in [6.45, 7) is 0. The van der Waals surface area contributed by atoms with E-state index >= 15 is 0 Å². The van der Waals surface area contributed by atoms with Crippen molar-refractivity contribution in [3.63, 3.8) is 0 Å². The number of rotatable bonds is 0. The molecule has 1 aromatic heterocycles. The van der Waals surface area contributed by atoms with E-state index in [1.165, 1.54) is 22.2 Å². The van der Waals surface area contributed by atoms with Gasteiger partial charge in [0.15, 0.2) is 0 Å². The van der Waals surface area contributed by atoms with Crippen molar-refractivity contribution in [3.8, 4) is 0 Å². The first-order valence-corrected chi connectivity index (χ1v) is 5.19. The molecule has 1 aromatic carbocycles. The number of hydrogen-bond acceptors (Lipinski definition) is 0. The average Bonchev–Trinajstić information content (AvgIpc) is 2.57. The molecule has 70 valence electrons. The highest BCUT2D eigenvalue weighted by atomic mass is 35.5. The summed E-state index contributed by atoms with van der Waals surface area (Å²) in [6, 6.07) is 8.31. The summed E-state index contributed by atoms with van der Waals surface area (Å²) >= 11 is 6.21. The molecule has 0 atom stereocenters. The minimum absolute atomic E-state index is 0.892. The standard InChI is InChI=1S/C12H10ClN/c13-9-5-3-7-11-12(9)8-4-1-2-6-10(8)14-11/h1-2,4-6,14H,3,7H2. The van der Waals surface area contributed by atoms with Crippen molar-refractivity contribution in [1.29, 1.82) is 0 Å². The Hall–Kier alpha value is -1.21. The minimum Gasteiger partial charge on any atom is -0.358 e. The van der Waals surface area contributed by atoms with Crippen LogP contribution in [0.25, 0.3) is 15.9 Å². The van der Waals surface area contributed by atoms with Gasteiger partial charge in [-0.25, -0.2) is 0 Å². The van der Waals surface area contributed by atoms with Gasteiger partial charge in [0, 0.05) is 27.2 Å². The number of H-pyrrole nitrogens is 1. The fourth-order valence-corrected chi connectivity index (χ4v) is 2.43. The maximum absolute atomic E-state index is 6.21. The Morgan fingerprint density at radius 1 is 1.21 bits per heavy atom. The highest BCUT2D eigenvalue weighted by Gasteiger charge is 2.16. The molecule has 1 aliphatic carbocycles. The molecule has 2 aromatic rings. The maximum Gasteiger partial charge on any atom is 0.0462 e. The SMILES string of the molecule is ClC1=CCCc2[nH]c3ccccc3c21. The second-order valence-electron chi connectivity index (χ2n) is 3.61. The Morgan fingerprint density at radius 2 is 2.07 bits per heavy atom. The van der Waals surface area contributed by atoms with Gasteiger partial charge >= 0.3 is 0 Å². The van der Waals surface area contributed by atoms with Gasteiger partial charge in [-0.3, -0.25) is 0 Å². The predicted molar refractivity (Wildman–Crippen MR) is 60.4 cm³/mol. The lowest BCUT2D eigenvalue weighted by Gasteiger charge is -2.07. The molecule has 14 heavy (non-hydrogen) atoms. The molecule has 2 heteroatoms. The number of aromatic amines is 1. The molecule has 3 rings (SSSR count). The largest absolute Gasteiger partial charge is 0.358 e. The van der Waals surface area contributed by atoms with Crippen LogP contribution >= 0.6 is 11.6 Å². The van der Waals surface area contributed by atoms with Gasteiger partial charge in [0.25, 0.3) is 0 Å². The summed E-state index contributed by atoms with van der Waals surface area (Å²) in [5.41, 5.74) is 3.66. The van der Waals surface area contributed by atoms with Crippen molar-refractivity contribution >= 4 is 27.5 Å². The van der Waals surface area contributed by atoms with E-state index in [-0.39, 0.29) is 0 Å². The molecule has 1 aliphatic rings. The van der Waals surface area contributed by atoms with Gasteiger partial charge in [0.05, 0.1) is 0 Å². The second-order valence-corrected chi connectivity index (χ2v) is 4.02. The number of fused-ring (bicyclic) bond motifs is 3. The van der Waals surface area contributed by atoms with E-state index in [1.807, 2.05) is 6.07 Å². The number of halogens is 1. The van der Waals surface area contributed by atoms with Gasteiger partial charge < -0.3 is 4.98 Å². The van der Waals surface area contributed by atoms with E-state index in [4.69, 9.17) is 11.6 Å². The van der Waals surface area contributed by atoms with Gasteiger partial charge in [-0.2, -0.15) is 0 Å². The first-order chi connectivity index (χ1) is 6.86. The van der Waals surface area contributed by atoms with E-state index < -0.39 is 0 Å². The number of benzene rings is 1. The Labute approximate surface area is 87.4 Å². The van der Waals surface area contributed by atoms with Crippen molar-refractivity contribution in [2.45, 2.75) is 12.8 Å². The lowest BCUT2D eigenvalue weighted by molar-refractivity contribution is 0.948. The van der Waals surface area contributed by atoms with Gasteiger partial charge in [0.2, 0.25) is 0 Å². The number of para-hydroxylation sites is 1. The molecule has 0 saturated carbocycles. The van der Waals surface area contributed by atoms with Crippen molar-refractivity contribution in [1.82, 2.24) is 4.98 Å². The van der Waals surface area contributed by atoms with E-state index in [0.717, 1.165) is 17.9 Å². The number of nitrogens with one attached hydrogen (secondary N) is 1. The molecule has 0 radical (unpaired) electrons. The lowest BCUT2D eigenvalue weighted by Crippen LogP contribution is -1.93. The third-order valence-corrected chi connectivity index (χ3v) is 3.08. The number of hydrogen-bond donors (Lipinski definition) is 1. The van der Waals surface area contributed by atoms with Crippen LogP contribution in [0.15, 0.2) is 30.3 Å². The summed E-state index contributed by atoms with van der Waals surface area (Å²) in [7, 11) is 0. The smallest absolute Gasteiger partial charge is 0.0462 e. The Morgan fingerprint density at radius 3 is 3.00 bits per heavy atom. The lowest BCUT2D eigenvalue weighted by atomic mass is 10.0. The van der Waals surface area contributed by atoms with Crippen LogP contribution in [0, 0.1) is 0 Å². The van der Waals surface area contributed by atoms with E-state index in [0.29, 0.717) is 0 Å². The average molecular weight is 204 g/mol. The number of allylic oxidation sites excluding steroid dienone is 1. The summed E-state index contributed by atoms with van der Waals surface area (Å²) in [4.78, 5) is 3.42. The molecular formula is C12H10ClN. The monoisotopic (exact) mass is 203 g/mol. The van der Waals surface area contributed by atoms with Crippen LogP contribution in [-0.2, 0) is 6.42 Å². The molecule has 0 aliphatic heterocycles. The molecule has 0 saturated heterocycles. The van der Waals surface area contributed by atoms with Crippen molar-refractivity contribution < 1.29 is 0 Å². The molecular weight excluding hydrogens is 194 g/mol. The van der Waals surface area contributed by atoms with Crippen LogP contribution in [0.4, 0.5) is 0 Å². The van der Waals surface area contributed by atoms with Gasteiger partial charge in [0.1, 0.15) is 0 Å². The topological polar surface area (TPSA) is 15.8 Å². The molecule has 1 N–H and O–H groups in total. The number of aryl methyl sites for hydroxylation is 1. The van der Waals surface area contributed by atoms with Gasteiger partial charge in [-0.15, -0.1) is 0 Å². The Balaban J connectivity index is 2.42. The van der Waals surface area contributed by atoms with Crippen LogP contribution < -0.4 is 0 Å². The molecule has 0 fully saturated rings. The van der Waals surface area contributed by atoms with Crippen LogP contribution in [0.5, 0.6) is 0 Å². The maximum atomic E-state index is 6.21.